The Morgan fingerprint density at radius 3 is 1.56 bits per heavy atom. The zero-order valence-electron chi connectivity index (χ0n) is 23.2. The molecule has 0 aromatic heterocycles. The van der Waals surface area contributed by atoms with E-state index in [9.17, 15) is 24.0 Å². The molecule has 1 amide bonds. The second-order valence-corrected chi connectivity index (χ2v) is 8.92. The van der Waals surface area contributed by atoms with E-state index in [1.54, 1.807) is 0 Å². The Morgan fingerprint density at radius 1 is 0.744 bits per heavy atom. The molecule has 0 heterocycles. The predicted octanol–water partition coefficient (Wildman–Crippen LogP) is 3.19. The van der Waals surface area contributed by atoms with Crippen molar-refractivity contribution in [1.29, 1.82) is 0 Å². The molecule has 0 aliphatic heterocycles. The van der Waals surface area contributed by atoms with Crippen LogP contribution in [0.5, 0.6) is 0 Å². The Bertz CT molecular complexity index is 1100. The van der Waals surface area contributed by atoms with Crippen LogP contribution in [0.4, 0.5) is 0 Å². The van der Waals surface area contributed by atoms with Gasteiger partial charge in [0.1, 0.15) is 0 Å². The minimum atomic E-state index is -2.53. The Kier molecular flexibility index (Phi) is 11.0. The van der Waals surface area contributed by atoms with Gasteiger partial charge in [0.05, 0.1) is 26.4 Å². The Balaban J connectivity index is 2.77. The third-order valence-corrected chi connectivity index (χ3v) is 6.66. The van der Waals surface area contributed by atoms with Gasteiger partial charge in [0.25, 0.3) is 0 Å². The van der Waals surface area contributed by atoms with Gasteiger partial charge in [0.2, 0.25) is 5.91 Å². The standard InChI is InChI=1S/C29H37NO9/c1-7-36-24(32)28(25(33)37-8-2)16-19(5)22(17-29(28,26(34)38-9-3)27(35)39-10-4)20(6)23(31)30-18-21-14-12-11-13-15-21/h11-15H,5,7-10,16-18H2,1-4,6H3,(H,30,31)/b22-20-. The van der Waals surface area contributed by atoms with Gasteiger partial charge in [-0.1, -0.05) is 36.9 Å². The molecule has 39 heavy (non-hydrogen) atoms. The highest BCUT2D eigenvalue weighted by atomic mass is 16.6. The summed E-state index contributed by atoms with van der Waals surface area (Å²) in [5.41, 5.74) is -3.57. The van der Waals surface area contributed by atoms with E-state index in [0.717, 1.165) is 5.56 Å². The van der Waals surface area contributed by atoms with E-state index in [4.69, 9.17) is 18.9 Å². The van der Waals surface area contributed by atoms with Gasteiger partial charge in [-0.2, -0.15) is 0 Å². The van der Waals surface area contributed by atoms with Crippen molar-refractivity contribution < 1.29 is 42.9 Å². The van der Waals surface area contributed by atoms with E-state index in [1.807, 2.05) is 30.3 Å². The minimum absolute atomic E-state index is 0.141. The molecule has 0 atom stereocenters. The first-order valence-corrected chi connectivity index (χ1v) is 13.0. The van der Waals surface area contributed by atoms with Gasteiger partial charge in [0, 0.05) is 25.0 Å². The number of carbonyl (C=O) groups is 5. The van der Waals surface area contributed by atoms with E-state index in [-0.39, 0.29) is 49.7 Å². The number of rotatable bonds is 11. The molecular weight excluding hydrogens is 506 g/mol. The van der Waals surface area contributed by atoms with E-state index in [2.05, 4.69) is 11.9 Å². The molecule has 10 nitrogen and oxygen atoms in total. The van der Waals surface area contributed by atoms with Crippen molar-refractivity contribution in [3.63, 3.8) is 0 Å². The summed E-state index contributed by atoms with van der Waals surface area (Å²) in [5.74, 6) is -5.08. The van der Waals surface area contributed by atoms with E-state index < -0.39 is 53.5 Å². The van der Waals surface area contributed by atoms with Crippen molar-refractivity contribution in [1.82, 2.24) is 5.32 Å². The Labute approximate surface area is 228 Å². The van der Waals surface area contributed by atoms with Gasteiger partial charge in [-0.25, -0.2) is 0 Å². The molecule has 1 aliphatic rings. The van der Waals surface area contributed by atoms with Crippen LogP contribution < -0.4 is 5.32 Å². The van der Waals surface area contributed by atoms with Crippen molar-refractivity contribution in [2.75, 3.05) is 26.4 Å². The molecule has 0 saturated heterocycles. The van der Waals surface area contributed by atoms with E-state index in [1.165, 1.54) is 34.6 Å². The third kappa shape index (κ3) is 6.05. The fraction of sp³-hybridized carbons (Fsp3) is 0.483. The number of hydrogen-bond donors (Lipinski definition) is 1. The maximum atomic E-state index is 13.7. The zero-order valence-corrected chi connectivity index (χ0v) is 23.2. The lowest BCUT2D eigenvalue weighted by Crippen LogP contribution is -2.65. The third-order valence-electron chi connectivity index (χ3n) is 6.66. The summed E-state index contributed by atoms with van der Waals surface area (Å²) >= 11 is 0. The van der Waals surface area contributed by atoms with Crippen LogP contribution in [0.25, 0.3) is 0 Å². The molecule has 1 aromatic rings. The summed E-state index contributed by atoms with van der Waals surface area (Å²) in [6, 6.07) is 9.23. The summed E-state index contributed by atoms with van der Waals surface area (Å²) in [4.78, 5) is 67.9. The molecule has 0 unspecified atom stereocenters. The van der Waals surface area contributed by atoms with Crippen molar-refractivity contribution >= 4 is 29.8 Å². The highest BCUT2D eigenvalue weighted by molar-refractivity contribution is 6.16. The number of esters is 4. The Morgan fingerprint density at radius 2 is 1.15 bits per heavy atom. The number of benzene rings is 1. The maximum absolute atomic E-state index is 13.7. The number of allylic oxidation sites excluding steroid dienone is 2. The quantitative estimate of drug-likeness (QED) is 0.193. The molecule has 1 aromatic carbocycles. The molecule has 1 saturated carbocycles. The van der Waals surface area contributed by atoms with Crippen LogP contribution in [0.2, 0.25) is 0 Å². The fourth-order valence-corrected chi connectivity index (χ4v) is 4.73. The van der Waals surface area contributed by atoms with Crippen LogP contribution in [0.15, 0.2) is 53.6 Å². The van der Waals surface area contributed by atoms with Crippen LogP contribution in [0.3, 0.4) is 0 Å². The average Bonchev–Trinajstić information content (AvgIpc) is 2.92. The monoisotopic (exact) mass is 543 g/mol. The molecule has 0 radical (unpaired) electrons. The van der Waals surface area contributed by atoms with Gasteiger partial charge in [-0.3, -0.25) is 24.0 Å². The molecule has 1 N–H and O–H groups in total. The maximum Gasteiger partial charge on any atom is 0.325 e. The molecule has 0 spiro atoms. The molecule has 2 rings (SSSR count). The number of amides is 1. The largest absolute Gasteiger partial charge is 0.465 e. The van der Waals surface area contributed by atoms with Crippen LogP contribution >= 0.6 is 0 Å². The average molecular weight is 544 g/mol. The molecule has 10 heteroatoms. The highest BCUT2D eigenvalue weighted by Gasteiger charge is 2.75. The van der Waals surface area contributed by atoms with Gasteiger partial charge in [-0.05, 0) is 51.3 Å². The van der Waals surface area contributed by atoms with Crippen molar-refractivity contribution in [3.05, 3.63) is 59.2 Å². The lowest BCUT2D eigenvalue weighted by Gasteiger charge is -2.47. The smallest absolute Gasteiger partial charge is 0.325 e. The Hall–Kier alpha value is -3.95. The number of carbonyl (C=O) groups excluding carboxylic acids is 5. The van der Waals surface area contributed by atoms with Crippen LogP contribution in [0, 0.1) is 10.8 Å². The van der Waals surface area contributed by atoms with Gasteiger partial charge in [0.15, 0.2) is 10.8 Å². The molecule has 0 bridgehead atoms. The summed E-state index contributed by atoms with van der Waals surface area (Å²) < 4.78 is 21.1. The molecule has 1 aliphatic carbocycles. The topological polar surface area (TPSA) is 134 Å². The van der Waals surface area contributed by atoms with E-state index >= 15 is 0 Å². The first-order valence-electron chi connectivity index (χ1n) is 13.0. The summed E-state index contributed by atoms with van der Waals surface area (Å²) in [7, 11) is 0. The minimum Gasteiger partial charge on any atom is -0.465 e. The zero-order chi connectivity index (χ0) is 29.2. The van der Waals surface area contributed by atoms with Gasteiger partial charge < -0.3 is 24.3 Å². The van der Waals surface area contributed by atoms with Crippen LogP contribution in [0.1, 0.15) is 53.0 Å². The molecule has 212 valence electrons. The van der Waals surface area contributed by atoms with Crippen molar-refractivity contribution in [3.8, 4) is 0 Å². The summed E-state index contributed by atoms with van der Waals surface area (Å²) in [5, 5.41) is 2.81. The second-order valence-electron chi connectivity index (χ2n) is 8.92. The van der Waals surface area contributed by atoms with Crippen LogP contribution in [-0.4, -0.2) is 56.2 Å². The first-order chi connectivity index (χ1) is 18.6. The van der Waals surface area contributed by atoms with E-state index in [0.29, 0.717) is 0 Å². The number of hydrogen-bond acceptors (Lipinski definition) is 9. The normalized spacial score (nSPS) is 16.9. The lowest BCUT2D eigenvalue weighted by molar-refractivity contribution is -0.204. The second kappa shape index (κ2) is 13.7. The van der Waals surface area contributed by atoms with Crippen molar-refractivity contribution in [2.24, 2.45) is 10.8 Å². The summed E-state index contributed by atoms with van der Waals surface area (Å²) in [6.07, 6.45) is -1.09. The predicted molar refractivity (Wildman–Crippen MR) is 141 cm³/mol. The number of nitrogens with one attached hydrogen (secondary N) is 1. The molecular formula is C29H37NO9. The van der Waals surface area contributed by atoms with Gasteiger partial charge in [-0.15, -0.1) is 0 Å². The summed E-state index contributed by atoms with van der Waals surface area (Å²) in [6.45, 7) is 11.3. The number of ether oxygens (including phenoxy) is 4. The first kappa shape index (κ1) is 31.3. The highest BCUT2D eigenvalue weighted by Crippen LogP contribution is 2.57. The SMILES string of the molecule is C=C1CC(C(=O)OCC)(C(=O)OCC)C(C(=O)OCC)(C(=O)OCC)C/C1=C(\C)C(=O)NCc1ccccc1. The molecule has 1 fully saturated rings. The lowest BCUT2D eigenvalue weighted by atomic mass is 9.52. The van der Waals surface area contributed by atoms with Gasteiger partial charge >= 0.3 is 23.9 Å². The van der Waals surface area contributed by atoms with Crippen LogP contribution in [-0.2, 0) is 49.5 Å². The van der Waals surface area contributed by atoms with Crippen molar-refractivity contribution in [2.45, 2.75) is 54.0 Å². The fourth-order valence-electron chi connectivity index (χ4n) is 4.73.